The number of hydrogen-bond donors (Lipinski definition) is 0. The van der Waals surface area contributed by atoms with Crippen LogP contribution >= 0.6 is 0 Å². The zero-order valence-electron chi connectivity index (χ0n) is 26.2. The van der Waals surface area contributed by atoms with Gasteiger partial charge in [0.2, 0.25) is 0 Å². The molecule has 0 fully saturated rings. The lowest BCUT2D eigenvalue weighted by molar-refractivity contribution is 0.724. The first-order chi connectivity index (χ1) is 23.2. The van der Waals surface area contributed by atoms with Gasteiger partial charge in [-0.2, -0.15) is 0 Å². The van der Waals surface area contributed by atoms with Crippen molar-refractivity contribution in [2.75, 3.05) is 4.90 Å². The summed E-state index contributed by atoms with van der Waals surface area (Å²) in [5.41, 5.74) is 13.9. The molecular weight excluding hydrogens is 571 g/mol. The first-order valence-electron chi connectivity index (χ1n) is 16.4. The molecule has 0 saturated heterocycles. The Kier molecular flexibility index (Phi) is 6.50. The maximum absolute atomic E-state index is 5.13. The van der Waals surface area contributed by atoms with Crippen molar-refractivity contribution in [1.82, 2.24) is 9.55 Å². The van der Waals surface area contributed by atoms with Crippen molar-refractivity contribution < 1.29 is 0 Å². The van der Waals surface area contributed by atoms with Crippen LogP contribution in [0, 0.1) is 5.92 Å². The zero-order valence-corrected chi connectivity index (χ0v) is 26.2. The number of rotatable bonds is 4. The van der Waals surface area contributed by atoms with E-state index >= 15 is 0 Å². The molecule has 0 radical (unpaired) electrons. The van der Waals surface area contributed by atoms with Gasteiger partial charge in [0, 0.05) is 45.0 Å². The summed E-state index contributed by atoms with van der Waals surface area (Å²) in [5, 5.41) is 1.24. The number of para-hydroxylation sites is 2. The van der Waals surface area contributed by atoms with E-state index in [1.807, 2.05) is 0 Å². The van der Waals surface area contributed by atoms with Gasteiger partial charge in [-0.1, -0.05) is 128 Å². The molecule has 9 rings (SSSR count). The SMILES string of the molecule is CC1CC=CC2=C1n1c(cc3ccccc31)N(c1cccc(-c3cc(-c4ccccc4)nc(-c4ccccc4)c3)c1)c1ccccc12. The number of nitrogens with zero attached hydrogens (tertiary/aromatic N) is 3. The van der Waals surface area contributed by atoms with E-state index in [1.165, 1.54) is 33.4 Å². The van der Waals surface area contributed by atoms with E-state index in [2.05, 4.69) is 180 Å². The predicted octanol–water partition coefficient (Wildman–Crippen LogP) is 11.8. The number of anilines is 3. The van der Waals surface area contributed by atoms with Crippen LogP contribution in [0.4, 0.5) is 17.2 Å². The van der Waals surface area contributed by atoms with Gasteiger partial charge in [0.1, 0.15) is 5.82 Å². The molecule has 0 amide bonds. The third kappa shape index (κ3) is 4.62. The average Bonchev–Trinajstić information content (AvgIpc) is 3.45. The van der Waals surface area contributed by atoms with Crippen LogP contribution in [0.15, 0.2) is 164 Å². The highest BCUT2D eigenvalue weighted by atomic mass is 15.3. The Bertz CT molecular complexity index is 2290. The quantitative estimate of drug-likeness (QED) is 0.200. The van der Waals surface area contributed by atoms with Crippen LogP contribution in [0.1, 0.15) is 18.9 Å². The van der Waals surface area contributed by atoms with Crippen molar-refractivity contribution in [3.8, 4) is 33.6 Å². The molecule has 1 unspecified atom stereocenters. The lowest BCUT2D eigenvalue weighted by atomic mass is 9.89. The van der Waals surface area contributed by atoms with E-state index in [9.17, 15) is 0 Å². The molecule has 3 heteroatoms. The molecule has 2 aromatic heterocycles. The maximum atomic E-state index is 5.13. The lowest BCUT2D eigenvalue weighted by Crippen LogP contribution is -2.15. The van der Waals surface area contributed by atoms with Crippen LogP contribution in [0.5, 0.6) is 0 Å². The summed E-state index contributed by atoms with van der Waals surface area (Å²) in [5.74, 6) is 1.54. The second kappa shape index (κ2) is 11.1. The third-order valence-electron chi connectivity index (χ3n) is 9.52. The fourth-order valence-electron chi connectivity index (χ4n) is 7.31. The van der Waals surface area contributed by atoms with Crippen molar-refractivity contribution in [1.29, 1.82) is 0 Å². The molecule has 224 valence electrons. The van der Waals surface area contributed by atoms with Gasteiger partial charge in [0.05, 0.1) is 22.6 Å². The number of aromatic nitrogens is 2. The van der Waals surface area contributed by atoms with Gasteiger partial charge in [-0.15, -0.1) is 0 Å². The molecular formula is C44H33N3. The van der Waals surface area contributed by atoms with E-state index in [0.717, 1.165) is 51.6 Å². The van der Waals surface area contributed by atoms with Crippen LogP contribution in [0.2, 0.25) is 0 Å². The fourth-order valence-corrected chi connectivity index (χ4v) is 7.31. The second-order valence-electron chi connectivity index (χ2n) is 12.5. The Labute approximate surface area is 275 Å². The number of pyridine rings is 1. The summed E-state index contributed by atoms with van der Waals surface area (Å²) in [6.45, 7) is 2.36. The number of fused-ring (bicyclic) bond motifs is 6. The highest BCUT2D eigenvalue weighted by molar-refractivity contribution is 6.05. The summed E-state index contributed by atoms with van der Waals surface area (Å²) in [7, 11) is 0. The standard InChI is InChI=1S/C44H33N3/c1-30-14-12-23-38-37-22-9-11-25-42(37)46(43-29-34-19-8-10-24-41(34)47(43)44(30)38)36-21-13-20-33(26-36)35-27-39(31-15-4-2-5-16-31)45-40(28-35)32-17-6-3-7-18-32/h2-13,15-30H,14H2,1H3. The molecule has 3 nitrogen and oxygen atoms in total. The minimum Gasteiger partial charge on any atom is -0.298 e. The summed E-state index contributed by atoms with van der Waals surface area (Å²) in [6, 6.07) is 54.4. The van der Waals surface area contributed by atoms with Crippen molar-refractivity contribution in [3.05, 3.63) is 169 Å². The van der Waals surface area contributed by atoms with Crippen LogP contribution < -0.4 is 4.90 Å². The zero-order chi connectivity index (χ0) is 31.3. The normalized spacial score (nSPS) is 15.3. The van der Waals surface area contributed by atoms with Gasteiger partial charge in [0.15, 0.2) is 0 Å². The molecule has 47 heavy (non-hydrogen) atoms. The first-order valence-corrected chi connectivity index (χ1v) is 16.4. The molecule has 5 aromatic carbocycles. The van der Waals surface area contributed by atoms with Crippen molar-refractivity contribution in [2.45, 2.75) is 13.3 Å². The van der Waals surface area contributed by atoms with Crippen molar-refractivity contribution in [2.24, 2.45) is 5.92 Å². The highest BCUT2D eigenvalue weighted by Crippen LogP contribution is 2.50. The van der Waals surface area contributed by atoms with E-state index in [1.54, 1.807) is 0 Å². The van der Waals surface area contributed by atoms with E-state index in [4.69, 9.17) is 4.98 Å². The summed E-state index contributed by atoms with van der Waals surface area (Å²) >= 11 is 0. The van der Waals surface area contributed by atoms with Crippen LogP contribution in [-0.4, -0.2) is 9.55 Å². The maximum Gasteiger partial charge on any atom is 0.123 e. The highest BCUT2D eigenvalue weighted by Gasteiger charge is 2.31. The second-order valence-corrected chi connectivity index (χ2v) is 12.5. The number of allylic oxidation sites excluding steroid dienone is 4. The Hall–Kier alpha value is -5.93. The van der Waals surface area contributed by atoms with Gasteiger partial charge in [-0.25, -0.2) is 4.98 Å². The molecule has 3 heterocycles. The summed E-state index contributed by atoms with van der Waals surface area (Å²) < 4.78 is 2.51. The summed E-state index contributed by atoms with van der Waals surface area (Å²) in [6.07, 6.45) is 5.69. The molecule has 1 aliphatic carbocycles. The molecule has 0 N–H and O–H groups in total. The Balaban J connectivity index is 1.27. The van der Waals surface area contributed by atoms with Crippen molar-refractivity contribution >= 4 is 39.4 Å². The largest absolute Gasteiger partial charge is 0.298 e. The van der Waals surface area contributed by atoms with E-state index in [-0.39, 0.29) is 0 Å². The van der Waals surface area contributed by atoms with Gasteiger partial charge in [0.25, 0.3) is 0 Å². The van der Waals surface area contributed by atoms with Crippen molar-refractivity contribution in [3.63, 3.8) is 0 Å². The molecule has 7 aromatic rings. The minimum absolute atomic E-state index is 0.383. The minimum atomic E-state index is 0.383. The topological polar surface area (TPSA) is 21.1 Å². The molecule has 1 atom stereocenters. The van der Waals surface area contributed by atoms with Crippen LogP contribution in [-0.2, 0) is 0 Å². The smallest absolute Gasteiger partial charge is 0.123 e. The van der Waals surface area contributed by atoms with Gasteiger partial charge in [-0.05, 0) is 60.0 Å². The third-order valence-corrected chi connectivity index (χ3v) is 9.52. The summed E-state index contributed by atoms with van der Waals surface area (Å²) in [4.78, 5) is 7.58. The monoisotopic (exact) mass is 603 g/mol. The average molecular weight is 604 g/mol. The molecule has 0 saturated carbocycles. The molecule has 2 aliphatic rings. The fraction of sp³-hybridized carbons (Fsp3) is 0.0682. The first kappa shape index (κ1) is 27.4. The van der Waals surface area contributed by atoms with E-state index < -0.39 is 0 Å². The Morgan fingerprint density at radius 1 is 0.596 bits per heavy atom. The number of hydrogen-bond acceptors (Lipinski definition) is 2. The van der Waals surface area contributed by atoms with Gasteiger partial charge < -0.3 is 0 Å². The molecule has 0 bridgehead atoms. The molecule has 0 spiro atoms. The Morgan fingerprint density at radius 2 is 1.26 bits per heavy atom. The molecule has 1 aliphatic heterocycles. The lowest BCUT2D eigenvalue weighted by Gasteiger charge is -2.27. The predicted molar refractivity (Wildman–Crippen MR) is 197 cm³/mol. The Morgan fingerprint density at radius 3 is 2.02 bits per heavy atom. The van der Waals surface area contributed by atoms with Crippen LogP contribution in [0.25, 0.3) is 55.8 Å². The number of benzene rings is 5. The van der Waals surface area contributed by atoms with Crippen LogP contribution in [0.3, 0.4) is 0 Å². The van der Waals surface area contributed by atoms with E-state index in [0.29, 0.717) is 5.92 Å². The van der Waals surface area contributed by atoms with Gasteiger partial charge in [-0.3, -0.25) is 9.47 Å². The van der Waals surface area contributed by atoms with Gasteiger partial charge >= 0.3 is 0 Å².